The highest BCUT2D eigenvalue weighted by Crippen LogP contribution is 2.32. The van der Waals surface area contributed by atoms with Gasteiger partial charge in [0.1, 0.15) is 17.7 Å². The number of benzene rings is 1. The molecule has 0 aliphatic carbocycles. The second-order valence-electron chi connectivity index (χ2n) is 7.24. The lowest BCUT2D eigenvalue weighted by Gasteiger charge is -2.19. The van der Waals surface area contributed by atoms with Crippen LogP contribution in [0.25, 0.3) is 11.0 Å². The van der Waals surface area contributed by atoms with E-state index in [1.165, 1.54) is 18.5 Å². The zero-order valence-electron chi connectivity index (χ0n) is 16.7. The maximum atomic E-state index is 14.3. The van der Waals surface area contributed by atoms with Crippen molar-refractivity contribution >= 4 is 40.6 Å². The Hall–Kier alpha value is -3.15. The molecule has 1 N–H and O–H groups in total. The second kappa shape index (κ2) is 8.17. The van der Waals surface area contributed by atoms with Gasteiger partial charge in [0.15, 0.2) is 28.9 Å². The molecule has 31 heavy (non-hydrogen) atoms. The van der Waals surface area contributed by atoms with Gasteiger partial charge in [-0.1, -0.05) is 0 Å². The van der Waals surface area contributed by atoms with Crippen LogP contribution >= 0.6 is 11.8 Å². The number of fused-ring (bicyclic) bond motifs is 1. The Morgan fingerprint density at radius 3 is 2.32 bits per heavy atom. The molecular weight excluding hydrogens is 440 g/mol. The van der Waals surface area contributed by atoms with Crippen molar-refractivity contribution in [3.8, 4) is 0 Å². The van der Waals surface area contributed by atoms with E-state index >= 15 is 0 Å². The van der Waals surface area contributed by atoms with Crippen molar-refractivity contribution in [2.75, 3.05) is 11.6 Å². The third kappa shape index (κ3) is 4.20. The molecule has 164 valence electrons. The monoisotopic (exact) mass is 456 g/mol. The summed E-state index contributed by atoms with van der Waals surface area (Å²) in [5.74, 6) is -9.06. The normalized spacial score (nSPS) is 11.6. The molecule has 0 radical (unpaired) electrons. The van der Waals surface area contributed by atoms with Crippen molar-refractivity contribution < 1.29 is 31.9 Å². The SMILES string of the molecule is CSc1c(F)c(F)c(F)c(F)c1C(=O)Nc1ncnc2c1ccn2C(=O)OC(C)(C)C. The molecule has 0 atom stereocenters. The summed E-state index contributed by atoms with van der Waals surface area (Å²) in [6.07, 6.45) is 2.89. The molecule has 1 aromatic carbocycles. The molecule has 3 rings (SSSR count). The number of halogens is 4. The van der Waals surface area contributed by atoms with E-state index in [4.69, 9.17) is 4.74 Å². The van der Waals surface area contributed by atoms with Crippen LogP contribution in [0.1, 0.15) is 31.1 Å². The summed E-state index contributed by atoms with van der Waals surface area (Å²) in [5.41, 5.74) is -1.72. The molecular formula is C19H16F4N4O3S. The first kappa shape index (κ1) is 22.5. The molecule has 0 aliphatic heterocycles. The first-order chi connectivity index (χ1) is 14.5. The average Bonchev–Trinajstić information content (AvgIpc) is 3.13. The van der Waals surface area contributed by atoms with Crippen LogP contribution in [0.5, 0.6) is 0 Å². The van der Waals surface area contributed by atoms with E-state index in [0.717, 1.165) is 10.9 Å². The maximum Gasteiger partial charge on any atom is 0.420 e. The van der Waals surface area contributed by atoms with Crippen LogP contribution in [-0.4, -0.2) is 38.4 Å². The lowest BCUT2D eigenvalue weighted by Crippen LogP contribution is -2.27. The fourth-order valence-electron chi connectivity index (χ4n) is 2.69. The Morgan fingerprint density at radius 1 is 1.06 bits per heavy atom. The standard InChI is InChI=1S/C19H16F4N4O3S/c1-19(2,3)30-18(29)27-6-5-8-15(24-7-25-16(8)27)26-17(28)9-10(20)11(21)12(22)13(23)14(9)31-4/h5-7H,1-4H3,(H,24,25,26,28). The highest BCUT2D eigenvalue weighted by molar-refractivity contribution is 7.98. The number of carbonyl (C=O) groups is 2. The molecule has 0 saturated carbocycles. The minimum Gasteiger partial charge on any atom is -0.443 e. The molecule has 0 saturated heterocycles. The minimum atomic E-state index is -2.11. The summed E-state index contributed by atoms with van der Waals surface area (Å²) in [6, 6.07) is 1.40. The molecule has 0 aliphatic rings. The summed E-state index contributed by atoms with van der Waals surface area (Å²) in [4.78, 5) is 32.1. The van der Waals surface area contributed by atoms with Gasteiger partial charge in [-0.05, 0) is 33.1 Å². The summed E-state index contributed by atoms with van der Waals surface area (Å²) >= 11 is 0.534. The summed E-state index contributed by atoms with van der Waals surface area (Å²) in [6.45, 7) is 5.03. The van der Waals surface area contributed by atoms with Gasteiger partial charge in [0.05, 0.1) is 15.8 Å². The lowest BCUT2D eigenvalue weighted by molar-refractivity contribution is 0.0543. The number of carbonyl (C=O) groups excluding carboxylic acids is 2. The Labute approximate surface area is 177 Å². The highest BCUT2D eigenvalue weighted by atomic mass is 32.2. The Morgan fingerprint density at radius 2 is 1.71 bits per heavy atom. The number of ether oxygens (including phenoxy) is 1. The Balaban J connectivity index is 2.02. The van der Waals surface area contributed by atoms with E-state index in [9.17, 15) is 27.2 Å². The van der Waals surface area contributed by atoms with Gasteiger partial charge in [0.2, 0.25) is 0 Å². The van der Waals surface area contributed by atoms with Gasteiger partial charge in [-0.15, -0.1) is 11.8 Å². The zero-order valence-corrected chi connectivity index (χ0v) is 17.5. The predicted octanol–water partition coefficient (Wildman–Crippen LogP) is 4.75. The largest absolute Gasteiger partial charge is 0.443 e. The molecule has 0 fully saturated rings. The van der Waals surface area contributed by atoms with Gasteiger partial charge in [-0.2, -0.15) is 0 Å². The van der Waals surface area contributed by atoms with Crippen molar-refractivity contribution in [2.24, 2.45) is 0 Å². The van der Waals surface area contributed by atoms with Crippen LogP contribution in [0.15, 0.2) is 23.5 Å². The molecule has 12 heteroatoms. The number of rotatable bonds is 3. The topological polar surface area (TPSA) is 86.1 Å². The van der Waals surface area contributed by atoms with Gasteiger partial charge < -0.3 is 10.1 Å². The molecule has 2 heterocycles. The van der Waals surface area contributed by atoms with Crippen LogP contribution in [0, 0.1) is 23.3 Å². The first-order valence-corrected chi connectivity index (χ1v) is 9.95. The van der Waals surface area contributed by atoms with Gasteiger partial charge in [-0.3, -0.25) is 4.79 Å². The summed E-state index contributed by atoms with van der Waals surface area (Å²) < 4.78 is 61.8. The van der Waals surface area contributed by atoms with Crippen molar-refractivity contribution in [2.45, 2.75) is 31.3 Å². The van der Waals surface area contributed by atoms with Gasteiger partial charge >= 0.3 is 6.09 Å². The number of amides is 1. The summed E-state index contributed by atoms with van der Waals surface area (Å²) in [7, 11) is 0. The van der Waals surface area contributed by atoms with Crippen LogP contribution < -0.4 is 5.32 Å². The van der Waals surface area contributed by atoms with Crippen molar-refractivity contribution in [3.05, 3.63) is 47.4 Å². The third-order valence-corrected chi connectivity index (χ3v) is 4.75. The fourth-order valence-corrected chi connectivity index (χ4v) is 3.34. The highest BCUT2D eigenvalue weighted by Gasteiger charge is 2.29. The van der Waals surface area contributed by atoms with E-state index in [-0.39, 0.29) is 16.9 Å². The average molecular weight is 456 g/mol. The van der Waals surface area contributed by atoms with E-state index in [1.54, 1.807) is 20.8 Å². The number of nitrogens with one attached hydrogen (secondary N) is 1. The Bertz CT molecular complexity index is 1210. The van der Waals surface area contributed by atoms with E-state index < -0.39 is 51.3 Å². The van der Waals surface area contributed by atoms with Crippen LogP contribution in [-0.2, 0) is 4.74 Å². The van der Waals surface area contributed by atoms with Gasteiger partial charge in [-0.25, -0.2) is 36.9 Å². The Kier molecular flexibility index (Phi) is 5.94. The molecule has 3 aromatic rings. The van der Waals surface area contributed by atoms with Crippen LogP contribution in [0.3, 0.4) is 0 Å². The van der Waals surface area contributed by atoms with Crippen molar-refractivity contribution in [1.29, 1.82) is 0 Å². The molecule has 1 amide bonds. The molecule has 0 spiro atoms. The predicted molar refractivity (Wildman–Crippen MR) is 105 cm³/mol. The minimum absolute atomic E-state index is 0.0709. The number of hydrogen-bond acceptors (Lipinski definition) is 6. The molecule has 0 unspecified atom stereocenters. The first-order valence-electron chi connectivity index (χ1n) is 8.73. The fraction of sp³-hybridized carbons (Fsp3) is 0.263. The number of hydrogen-bond donors (Lipinski definition) is 1. The molecule has 2 aromatic heterocycles. The van der Waals surface area contributed by atoms with E-state index in [2.05, 4.69) is 15.3 Å². The zero-order chi connectivity index (χ0) is 23.1. The number of nitrogens with zero attached hydrogens (tertiary/aromatic N) is 3. The van der Waals surface area contributed by atoms with E-state index in [0.29, 0.717) is 11.8 Å². The van der Waals surface area contributed by atoms with Gasteiger partial charge in [0, 0.05) is 6.20 Å². The van der Waals surface area contributed by atoms with Gasteiger partial charge in [0.25, 0.3) is 5.91 Å². The van der Waals surface area contributed by atoms with Crippen LogP contribution in [0.2, 0.25) is 0 Å². The number of thioether (sulfide) groups is 1. The maximum absolute atomic E-state index is 14.3. The van der Waals surface area contributed by atoms with E-state index in [1.807, 2.05) is 0 Å². The molecule has 0 bridgehead atoms. The number of anilines is 1. The number of aromatic nitrogens is 3. The van der Waals surface area contributed by atoms with Crippen molar-refractivity contribution in [3.63, 3.8) is 0 Å². The van der Waals surface area contributed by atoms with Crippen LogP contribution in [0.4, 0.5) is 28.2 Å². The smallest absolute Gasteiger partial charge is 0.420 e. The third-order valence-electron chi connectivity index (χ3n) is 3.96. The second-order valence-corrected chi connectivity index (χ2v) is 8.06. The molecule has 7 nitrogen and oxygen atoms in total. The summed E-state index contributed by atoms with van der Waals surface area (Å²) in [5, 5.41) is 2.40. The van der Waals surface area contributed by atoms with Crippen molar-refractivity contribution in [1.82, 2.24) is 14.5 Å². The quantitative estimate of drug-likeness (QED) is 0.265. The lowest BCUT2D eigenvalue weighted by atomic mass is 10.1.